The van der Waals surface area contributed by atoms with Crippen LogP contribution < -0.4 is 14.9 Å². The van der Waals surface area contributed by atoms with Gasteiger partial charge in [0.15, 0.2) is 0 Å². The number of amides is 2. The van der Waals surface area contributed by atoms with Crippen LogP contribution in [0.15, 0.2) is 71.6 Å². The normalized spacial score (nSPS) is 13.7. The Morgan fingerprint density at radius 3 is 2.32 bits per heavy atom. The Morgan fingerprint density at radius 1 is 0.971 bits per heavy atom. The first-order valence-electron chi connectivity index (χ1n) is 11.1. The van der Waals surface area contributed by atoms with Gasteiger partial charge in [0.25, 0.3) is 15.9 Å². The highest BCUT2D eigenvalue weighted by Crippen LogP contribution is 2.22. The maximum Gasteiger partial charge on any atom is 0.261 e. The van der Waals surface area contributed by atoms with Crippen LogP contribution in [-0.4, -0.2) is 26.8 Å². The maximum atomic E-state index is 12.9. The lowest BCUT2D eigenvalue weighted by atomic mass is 10.1. The number of nitrogens with zero attached hydrogens (tertiary/aromatic N) is 1. The third-order valence-electron chi connectivity index (χ3n) is 5.84. The maximum absolute atomic E-state index is 12.9. The number of rotatable bonds is 7. The first-order chi connectivity index (χ1) is 16.2. The number of anilines is 2. The van der Waals surface area contributed by atoms with Gasteiger partial charge < -0.3 is 10.2 Å². The molecule has 8 heteroatoms. The summed E-state index contributed by atoms with van der Waals surface area (Å²) in [5.74, 6) is -0.230. The minimum atomic E-state index is -3.85. The molecule has 1 heterocycles. The standard InChI is InChI=1S/C26H27N3O4S/c1-18-5-10-21(11-6-18)28-34(32,33)23-14-7-19(2)24(16-23)26(31)27-17-20-8-12-22(13-9-20)29-15-3-4-25(29)30/h5-14,16,28H,3-4,15,17H2,1-2H3,(H,27,31). The Labute approximate surface area is 199 Å². The van der Waals surface area contributed by atoms with Crippen LogP contribution in [0.25, 0.3) is 0 Å². The molecular formula is C26H27N3O4S. The van der Waals surface area contributed by atoms with Crippen LogP contribution in [-0.2, 0) is 21.4 Å². The van der Waals surface area contributed by atoms with Gasteiger partial charge in [-0.2, -0.15) is 0 Å². The van der Waals surface area contributed by atoms with Crippen LogP contribution in [0, 0.1) is 13.8 Å². The van der Waals surface area contributed by atoms with Gasteiger partial charge in [-0.3, -0.25) is 14.3 Å². The number of hydrogen-bond donors (Lipinski definition) is 2. The Morgan fingerprint density at radius 2 is 1.68 bits per heavy atom. The quantitative estimate of drug-likeness (QED) is 0.534. The fraction of sp³-hybridized carbons (Fsp3) is 0.231. The monoisotopic (exact) mass is 477 g/mol. The van der Waals surface area contributed by atoms with Crippen molar-refractivity contribution in [3.05, 3.63) is 89.0 Å². The number of sulfonamides is 1. The van der Waals surface area contributed by atoms with Gasteiger partial charge in [0.1, 0.15) is 0 Å². The van der Waals surface area contributed by atoms with E-state index in [9.17, 15) is 18.0 Å². The molecule has 0 saturated carbocycles. The van der Waals surface area contributed by atoms with E-state index >= 15 is 0 Å². The molecule has 3 aromatic rings. The van der Waals surface area contributed by atoms with Gasteiger partial charge in [-0.05, 0) is 67.8 Å². The van der Waals surface area contributed by atoms with Crippen molar-refractivity contribution in [3.63, 3.8) is 0 Å². The molecule has 2 N–H and O–H groups in total. The van der Waals surface area contributed by atoms with Crippen LogP contribution in [0.2, 0.25) is 0 Å². The number of carbonyl (C=O) groups is 2. The topological polar surface area (TPSA) is 95.6 Å². The fourth-order valence-corrected chi connectivity index (χ4v) is 4.93. The molecule has 0 bridgehead atoms. The SMILES string of the molecule is Cc1ccc(NS(=O)(=O)c2ccc(C)c(C(=O)NCc3ccc(N4CCCC4=O)cc3)c2)cc1. The van der Waals surface area contributed by atoms with E-state index in [4.69, 9.17) is 0 Å². The average Bonchev–Trinajstić information content (AvgIpc) is 3.25. The number of hydrogen-bond acceptors (Lipinski definition) is 4. The van der Waals surface area contributed by atoms with Gasteiger partial charge in [0.05, 0.1) is 4.90 Å². The van der Waals surface area contributed by atoms with E-state index in [2.05, 4.69) is 10.0 Å². The molecule has 1 fully saturated rings. The van der Waals surface area contributed by atoms with Gasteiger partial charge in [0.2, 0.25) is 5.91 Å². The molecule has 7 nitrogen and oxygen atoms in total. The number of benzene rings is 3. The third kappa shape index (κ3) is 5.28. The molecule has 176 valence electrons. The predicted octanol–water partition coefficient (Wildman–Crippen LogP) is 4.16. The van der Waals surface area contributed by atoms with Crippen LogP contribution in [0.3, 0.4) is 0 Å². The zero-order valence-electron chi connectivity index (χ0n) is 19.2. The van der Waals surface area contributed by atoms with E-state index in [1.165, 1.54) is 12.1 Å². The van der Waals surface area contributed by atoms with Crippen molar-refractivity contribution in [3.8, 4) is 0 Å². The minimum absolute atomic E-state index is 0.0171. The molecular weight excluding hydrogens is 450 g/mol. The summed E-state index contributed by atoms with van der Waals surface area (Å²) in [5.41, 5.74) is 4.19. The Balaban J connectivity index is 1.44. The number of carbonyl (C=O) groups excluding carboxylic acids is 2. The van der Waals surface area contributed by atoms with Crippen molar-refractivity contribution in [2.24, 2.45) is 0 Å². The van der Waals surface area contributed by atoms with Crippen molar-refractivity contribution < 1.29 is 18.0 Å². The summed E-state index contributed by atoms with van der Waals surface area (Å²) in [6.07, 6.45) is 1.44. The van der Waals surface area contributed by atoms with Crippen LogP contribution in [0.1, 0.15) is 39.9 Å². The van der Waals surface area contributed by atoms with E-state index < -0.39 is 10.0 Å². The lowest BCUT2D eigenvalue weighted by Gasteiger charge is -2.16. The Kier molecular flexibility index (Phi) is 6.70. The second-order valence-corrected chi connectivity index (χ2v) is 10.1. The zero-order valence-corrected chi connectivity index (χ0v) is 20.0. The van der Waals surface area contributed by atoms with E-state index in [0.717, 1.165) is 29.8 Å². The number of aryl methyl sites for hydroxylation is 2. The highest BCUT2D eigenvalue weighted by atomic mass is 32.2. The number of nitrogens with one attached hydrogen (secondary N) is 2. The van der Waals surface area contributed by atoms with Crippen molar-refractivity contribution >= 4 is 33.2 Å². The van der Waals surface area contributed by atoms with E-state index in [1.54, 1.807) is 30.0 Å². The molecule has 3 aromatic carbocycles. The predicted molar refractivity (Wildman–Crippen MR) is 132 cm³/mol. The van der Waals surface area contributed by atoms with E-state index in [-0.39, 0.29) is 23.3 Å². The summed E-state index contributed by atoms with van der Waals surface area (Å²) < 4.78 is 28.2. The molecule has 34 heavy (non-hydrogen) atoms. The van der Waals surface area contributed by atoms with E-state index in [1.807, 2.05) is 43.3 Å². The molecule has 0 spiro atoms. The van der Waals surface area contributed by atoms with Crippen molar-refractivity contribution in [2.45, 2.75) is 38.1 Å². The van der Waals surface area contributed by atoms with Crippen LogP contribution >= 0.6 is 0 Å². The van der Waals surface area contributed by atoms with E-state index in [0.29, 0.717) is 23.2 Å². The van der Waals surface area contributed by atoms with Gasteiger partial charge in [-0.15, -0.1) is 0 Å². The van der Waals surface area contributed by atoms with Crippen molar-refractivity contribution in [2.75, 3.05) is 16.2 Å². The van der Waals surface area contributed by atoms with Gasteiger partial charge in [0, 0.05) is 36.4 Å². The van der Waals surface area contributed by atoms with Gasteiger partial charge in [-0.1, -0.05) is 35.9 Å². The molecule has 0 radical (unpaired) electrons. The van der Waals surface area contributed by atoms with Crippen LogP contribution in [0.5, 0.6) is 0 Å². The second kappa shape index (κ2) is 9.69. The Bertz CT molecular complexity index is 1320. The first-order valence-corrected chi connectivity index (χ1v) is 12.6. The summed E-state index contributed by atoms with van der Waals surface area (Å²) in [7, 11) is -3.85. The highest BCUT2D eigenvalue weighted by molar-refractivity contribution is 7.92. The summed E-state index contributed by atoms with van der Waals surface area (Å²) >= 11 is 0. The first kappa shape index (κ1) is 23.5. The smallest absolute Gasteiger partial charge is 0.261 e. The summed E-state index contributed by atoms with van der Waals surface area (Å²) in [5, 5.41) is 2.85. The summed E-state index contributed by atoms with van der Waals surface area (Å²) in [6.45, 7) is 4.70. The molecule has 0 unspecified atom stereocenters. The minimum Gasteiger partial charge on any atom is -0.348 e. The van der Waals surface area contributed by atoms with Crippen LogP contribution in [0.4, 0.5) is 11.4 Å². The third-order valence-corrected chi connectivity index (χ3v) is 7.22. The molecule has 0 atom stereocenters. The fourth-order valence-electron chi connectivity index (χ4n) is 3.84. The lowest BCUT2D eigenvalue weighted by Crippen LogP contribution is -2.25. The Hall–Kier alpha value is -3.65. The zero-order chi connectivity index (χ0) is 24.3. The lowest BCUT2D eigenvalue weighted by molar-refractivity contribution is -0.117. The molecule has 1 aliphatic rings. The average molecular weight is 478 g/mol. The second-order valence-electron chi connectivity index (χ2n) is 8.45. The highest BCUT2D eigenvalue weighted by Gasteiger charge is 2.21. The summed E-state index contributed by atoms with van der Waals surface area (Å²) in [6, 6.07) is 19.0. The van der Waals surface area contributed by atoms with Crippen molar-refractivity contribution in [1.82, 2.24) is 5.32 Å². The molecule has 0 aliphatic carbocycles. The molecule has 1 saturated heterocycles. The van der Waals surface area contributed by atoms with Gasteiger partial charge in [-0.25, -0.2) is 8.42 Å². The molecule has 2 amide bonds. The molecule has 1 aliphatic heterocycles. The molecule has 0 aromatic heterocycles. The molecule has 4 rings (SSSR count). The van der Waals surface area contributed by atoms with Crippen molar-refractivity contribution in [1.29, 1.82) is 0 Å². The summed E-state index contributed by atoms with van der Waals surface area (Å²) in [4.78, 5) is 26.5. The largest absolute Gasteiger partial charge is 0.348 e. The van der Waals surface area contributed by atoms with Gasteiger partial charge >= 0.3 is 0 Å².